The molecular formula is C16H24O7. The Balaban J connectivity index is 2.25. The molecule has 0 radical (unpaired) electrons. The van der Waals surface area contributed by atoms with Crippen LogP contribution in [0.2, 0.25) is 0 Å². The van der Waals surface area contributed by atoms with Crippen LogP contribution in [-0.4, -0.2) is 66.0 Å². The highest BCUT2D eigenvalue weighted by molar-refractivity contribution is 5.92. The molecule has 3 N–H and O–H groups in total. The SMILES string of the molecule is CC(COC(=O)c1ccccc1O)OCC(C)OCC(O)CO. The van der Waals surface area contributed by atoms with E-state index < -0.39 is 12.1 Å². The third-order valence-corrected chi connectivity index (χ3v) is 2.97. The number of esters is 1. The van der Waals surface area contributed by atoms with Gasteiger partial charge in [-0.3, -0.25) is 0 Å². The Labute approximate surface area is 135 Å². The Morgan fingerprint density at radius 3 is 2.35 bits per heavy atom. The maximum Gasteiger partial charge on any atom is 0.342 e. The van der Waals surface area contributed by atoms with Gasteiger partial charge < -0.3 is 29.5 Å². The van der Waals surface area contributed by atoms with Crippen molar-refractivity contribution in [2.75, 3.05) is 26.4 Å². The first kappa shape index (κ1) is 19.4. The monoisotopic (exact) mass is 328 g/mol. The number of hydrogen-bond donors (Lipinski definition) is 3. The van der Waals surface area contributed by atoms with Gasteiger partial charge in [0.2, 0.25) is 0 Å². The summed E-state index contributed by atoms with van der Waals surface area (Å²) in [5.41, 5.74) is 0.106. The summed E-state index contributed by atoms with van der Waals surface area (Å²) in [7, 11) is 0. The fraction of sp³-hybridized carbons (Fsp3) is 0.562. The van der Waals surface area contributed by atoms with Gasteiger partial charge in [0.05, 0.1) is 32.0 Å². The molecule has 7 heteroatoms. The lowest BCUT2D eigenvalue weighted by Gasteiger charge is -2.18. The van der Waals surface area contributed by atoms with E-state index in [1.165, 1.54) is 12.1 Å². The standard InChI is InChI=1S/C16H24O7/c1-11(22-10-13(18)7-17)8-21-12(2)9-23-16(20)14-5-3-4-6-15(14)19/h3-6,11-13,17-19H,7-10H2,1-2H3. The molecule has 0 saturated carbocycles. The molecule has 0 aliphatic carbocycles. The number of ether oxygens (including phenoxy) is 3. The summed E-state index contributed by atoms with van der Waals surface area (Å²) < 4.78 is 15.8. The van der Waals surface area contributed by atoms with Crippen molar-refractivity contribution < 1.29 is 34.3 Å². The van der Waals surface area contributed by atoms with Crippen LogP contribution in [0.1, 0.15) is 24.2 Å². The van der Waals surface area contributed by atoms with Gasteiger partial charge in [0.15, 0.2) is 0 Å². The number of rotatable bonds is 10. The lowest BCUT2D eigenvalue weighted by Crippen LogP contribution is -2.28. The number of aliphatic hydroxyl groups excluding tert-OH is 2. The van der Waals surface area contributed by atoms with Crippen LogP contribution in [0.3, 0.4) is 0 Å². The van der Waals surface area contributed by atoms with Crippen LogP contribution in [0.15, 0.2) is 24.3 Å². The predicted octanol–water partition coefficient (Wildman–Crippen LogP) is 0.712. The Kier molecular flexibility index (Phi) is 8.57. The van der Waals surface area contributed by atoms with Crippen molar-refractivity contribution in [1.29, 1.82) is 0 Å². The molecular weight excluding hydrogens is 304 g/mol. The number of aliphatic hydroxyl groups is 2. The minimum atomic E-state index is -0.908. The lowest BCUT2D eigenvalue weighted by molar-refractivity contribution is -0.0732. The van der Waals surface area contributed by atoms with Crippen molar-refractivity contribution in [2.24, 2.45) is 0 Å². The quantitative estimate of drug-likeness (QED) is 0.543. The van der Waals surface area contributed by atoms with E-state index in [9.17, 15) is 9.90 Å². The molecule has 130 valence electrons. The van der Waals surface area contributed by atoms with E-state index in [-0.39, 0.29) is 49.9 Å². The number of hydrogen-bond acceptors (Lipinski definition) is 7. The van der Waals surface area contributed by atoms with Crippen LogP contribution >= 0.6 is 0 Å². The Morgan fingerprint density at radius 1 is 1.09 bits per heavy atom. The number of para-hydroxylation sites is 1. The molecule has 3 atom stereocenters. The van der Waals surface area contributed by atoms with Crippen LogP contribution in [0.4, 0.5) is 0 Å². The summed E-state index contributed by atoms with van der Waals surface area (Å²) in [5.74, 6) is -0.746. The van der Waals surface area contributed by atoms with E-state index in [0.29, 0.717) is 0 Å². The van der Waals surface area contributed by atoms with Crippen molar-refractivity contribution in [3.63, 3.8) is 0 Å². The zero-order chi connectivity index (χ0) is 17.2. The highest BCUT2D eigenvalue weighted by atomic mass is 16.6. The van der Waals surface area contributed by atoms with Gasteiger partial charge in [-0.1, -0.05) is 12.1 Å². The molecule has 0 spiro atoms. The van der Waals surface area contributed by atoms with Crippen molar-refractivity contribution >= 4 is 5.97 Å². The van der Waals surface area contributed by atoms with Gasteiger partial charge in [0.25, 0.3) is 0 Å². The summed E-state index contributed by atoms with van der Waals surface area (Å²) in [5, 5.41) is 27.4. The number of carbonyl (C=O) groups excluding carboxylic acids is 1. The maximum absolute atomic E-state index is 11.8. The van der Waals surface area contributed by atoms with E-state index in [4.69, 9.17) is 24.4 Å². The topological polar surface area (TPSA) is 105 Å². The average Bonchev–Trinajstić information content (AvgIpc) is 2.55. The molecule has 0 aromatic heterocycles. The van der Waals surface area contributed by atoms with Crippen molar-refractivity contribution in [2.45, 2.75) is 32.2 Å². The van der Waals surface area contributed by atoms with E-state index >= 15 is 0 Å². The second-order valence-electron chi connectivity index (χ2n) is 5.24. The van der Waals surface area contributed by atoms with Crippen LogP contribution in [0.5, 0.6) is 5.75 Å². The third kappa shape index (κ3) is 7.43. The first-order valence-corrected chi connectivity index (χ1v) is 7.41. The molecule has 0 amide bonds. The molecule has 23 heavy (non-hydrogen) atoms. The molecule has 0 aliphatic heterocycles. The molecule has 0 fully saturated rings. The molecule has 0 heterocycles. The maximum atomic E-state index is 11.8. The van der Waals surface area contributed by atoms with Gasteiger partial charge in [-0.05, 0) is 26.0 Å². The molecule has 0 bridgehead atoms. The third-order valence-electron chi connectivity index (χ3n) is 2.97. The summed E-state index contributed by atoms with van der Waals surface area (Å²) in [6, 6.07) is 6.14. The second-order valence-corrected chi connectivity index (χ2v) is 5.24. The molecule has 0 saturated heterocycles. The summed E-state index contributed by atoms with van der Waals surface area (Å²) in [6.07, 6.45) is -1.53. The summed E-state index contributed by atoms with van der Waals surface area (Å²) >= 11 is 0. The van der Waals surface area contributed by atoms with Crippen molar-refractivity contribution in [1.82, 2.24) is 0 Å². The minimum Gasteiger partial charge on any atom is -0.507 e. The van der Waals surface area contributed by atoms with Crippen molar-refractivity contribution in [3.8, 4) is 5.75 Å². The second kappa shape index (κ2) is 10.2. The first-order chi connectivity index (χ1) is 10.9. The molecule has 7 nitrogen and oxygen atoms in total. The fourth-order valence-electron chi connectivity index (χ4n) is 1.64. The lowest BCUT2D eigenvalue weighted by atomic mass is 10.2. The number of benzene rings is 1. The van der Waals surface area contributed by atoms with Gasteiger partial charge in [-0.25, -0.2) is 4.79 Å². The summed E-state index contributed by atoms with van der Waals surface area (Å²) in [6.45, 7) is 3.48. The van der Waals surface area contributed by atoms with E-state index in [1.54, 1.807) is 26.0 Å². The van der Waals surface area contributed by atoms with Crippen LogP contribution in [-0.2, 0) is 14.2 Å². The molecule has 1 rings (SSSR count). The number of phenols is 1. The Morgan fingerprint density at radius 2 is 1.70 bits per heavy atom. The van der Waals surface area contributed by atoms with Gasteiger partial charge in [-0.15, -0.1) is 0 Å². The molecule has 1 aromatic carbocycles. The summed E-state index contributed by atoms with van der Waals surface area (Å²) in [4.78, 5) is 11.8. The number of phenolic OH excluding ortho intramolecular Hbond substituents is 1. The first-order valence-electron chi connectivity index (χ1n) is 7.41. The largest absolute Gasteiger partial charge is 0.507 e. The van der Waals surface area contributed by atoms with Gasteiger partial charge in [0.1, 0.15) is 24.0 Å². The zero-order valence-electron chi connectivity index (χ0n) is 13.3. The smallest absolute Gasteiger partial charge is 0.342 e. The highest BCUT2D eigenvalue weighted by Crippen LogP contribution is 2.16. The fourth-order valence-corrected chi connectivity index (χ4v) is 1.64. The van der Waals surface area contributed by atoms with Crippen LogP contribution in [0, 0.1) is 0 Å². The average molecular weight is 328 g/mol. The molecule has 0 aliphatic rings. The Bertz CT molecular complexity index is 477. The zero-order valence-corrected chi connectivity index (χ0v) is 13.3. The van der Waals surface area contributed by atoms with Crippen LogP contribution < -0.4 is 0 Å². The number of carbonyl (C=O) groups is 1. The van der Waals surface area contributed by atoms with Gasteiger partial charge in [0, 0.05) is 0 Å². The van der Waals surface area contributed by atoms with E-state index in [2.05, 4.69) is 0 Å². The molecule has 3 unspecified atom stereocenters. The van der Waals surface area contributed by atoms with Gasteiger partial charge >= 0.3 is 5.97 Å². The van der Waals surface area contributed by atoms with E-state index in [0.717, 1.165) is 0 Å². The Hall–Kier alpha value is -1.67. The van der Waals surface area contributed by atoms with E-state index in [1.807, 2.05) is 0 Å². The predicted molar refractivity (Wildman–Crippen MR) is 82.3 cm³/mol. The number of aromatic hydroxyl groups is 1. The van der Waals surface area contributed by atoms with Gasteiger partial charge in [-0.2, -0.15) is 0 Å². The van der Waals surface area contributed by atoms with Crippen molar-refractivity contribution in [3.05, 3.63) is 29.8 Å². The molecule has 1 aromatic rings. The minimum absolute atomic E-state index is 0.0255. The highest BCUT2D eigenvalue weighted by Gasteiger charge is 2.14. The van der Waals surface area contributed by atoms with Crippen LogP contribution in [0.25, 0.3) is 0 Å². The normalized spacial score (nSPS) is 15.0.